The van der Waals surface area contributed by atoms with Crippen LogP contribution < -0.4 is 20.1 Å². The molecule has 5 aromatic carbocycles. The van der Waals surface area contributed by atoms with Crippen molar-refractivity contribution in [2.75, 3.05) is 24.9 Å². The summed E-state index contributed by atoms with van der Waals surface area (Å²) < 4.78 is 10.6. The number of nitrogens with zero attached hydrogens (tertiary/aromatic N) is 2. The van der Waals surface area contributed by atoms with E-state index in [0.29, 0.717) is 33.6 Å². The van der Waals surface area contributed by atoms with Crippen LogP contribution >= 0.6 is 0 Å². The molecule has 0 aliphatic heterocycles. The minimum absolute atomic E-state index is 0.00705. The largest absolute Gasteiger partial charge is 0.505 e. The van der Waals surface area contributed by atoms with Gasteiger partial charge in [0.1, 0.15) is 17.2 Å². The van der Waals surface area contributed by atoms with Crippen LogP contribution in [-0.2, 0) is 0 Å². The van der Waals surface area contributed by atoms with Crippen LogP contribution in [0, 0.1) is 0 Å². The topological polar surface area (TPSA) is 122 Å². The third kappa shape index (κ3) is 5.84. The van der Waals surface area contributed by atoms with Crippen molar-refractivity contribution >= 4 is 45.3 Å². The number of phenols is 1. The van der Waals surface area contributed by atoms with E-state index < -0.39 is 11.8 Å². The molecule has 0 fully saturated rings. The Morgan fingerprint density at radius 3 is 2.27 bits per heavy atom. The zero-order valence-electron chi connectivity index (χ0n) is 22.3. The van der Waals surface area contributed by atoms with Gasteiger partial charge in [-0.05, 0) is 47.9 Å². The van der Waals surface area contributed by atoms with Crippen LogP contribution in [0.5, 0.6) is 17.2 Å². The Morgan fingerprint density at radius 2 is 1.44 bits per heavy atom. The number of azo groups is 1. The smallest absolute Gasteiger partial charge is 0.259 e. The number of methoxy groups -OCH3 is 2. The van der Waals surface area contributed by atoms with Crippen molar-refractivity contribution in [2.45, 2.75) is 0 Å². The normalized spacial score (nSPS) is 10.9. The maximum Gasteiger partial charge on any atom is 0.259 e. The number of hydrogen-bond acceptors (Lipinski definition) is 7. The van der Waals surface area contributed by atoms with Gasteiger partial charge in [-0.25, -0.2) is 0 Å². The average molecular weight is 547 g/mol. The molecule has 0 bridgehead atoms. The molecule has 5 aromatic rings. The number of para-hydroxylation sites is 2. The fraction of sp³-hybridized carbons (Fsp3) is 0.0625. The number of rotatable bonds is 8. The highest BCUT2D eigenvalue weighted by molar-refractivity contribution is 6.12. The number of ether oxygens (including phenoxy) is 2. The van der Waals surface area contributed by atoms with Gasteiger partial charge in [-0.1, -0.05) is 54.6 Å². The van der Waals surface area contributed by atoms with Gasteiger partial charge < -0.3 is 25.2 Å². The number of anilines is 2. The number of hydrogen-bond donors (Lipinski definition) is 3. The van der Waals surface area contributed by atoms with Crippen LogP contribution in [0.1, 0.15) is 20.7 Å². The first-order valence-corrected chi connectivity index (χ1v) is 12.6. The van der Waals surface area contributed by atoms with E-state index in [4.69, 9.17) is 9.47 Å². The van der Waals surface area contributed by atoms with E-state index in [0.717, 1.165) is 0 Å². The number of nitrogens with one attached hydrogen (secondary N) is 2. The zero-order chi connectivity index (χ0) is 28.8. The van der Waals surface area contributed by atoms with E-state index in [9.17, 15) is 14.7 Å². The van der Waals surface area contributed by atoms with E-state index >= 15 is 0 Å². The second-order valence-corrected chi connectivity index (χ2v) is 8.90. The van der Waals surface area contributed by atoms with Crippen molar-refractivity contribution in [3.63, 3.8) is 0 Å². The van der Waals surface area contributed by atoms with Gasteiger partial charge in [-0.15, -0.1) is 10.2 Å². The molecular formula is C32H26N4O5. The molecule has 9 heteroatoms. The Hall–Kier alpha value is -5.70. The number of fused-ring (bicyclic) bond motifs is 1. The number of amides is 2. The second kappa shape index (κ2) is 12.0. The molecule has 3 N–H and O–H groups in total. The summed E-state index contributed by atoms with van der Waals surface area (Å²) >= 11 is 0. The van der Waals surface area contributed by atoms with Gasteiger partial charge in [-0.2, -0.15) is 0 Å². The Morgan fingerprint density at radius 1 is 0.707 bits per heavy atom. The molecule has 204 valence electrons. The maximum atomic E-state index is 13.3. The molecule has 0 saturated carbocycles. The van der Waals surface area contributed by atoms with Crippen LogP contribution in [0.4, 0.5) is 22.7 Å². The van der Waals surface area contributed by atoms with Crippen LogP contribution in [0.2, 0.25) is 0 Å². The third-order valence-electron chi connectivity index (χ3n) is 6.33. The van der Waals surface area contributed by atoms with Crippen molar-refractivity contribution in [2.24, 2.45) is 10.2 Å². The first-order chi connectivity index (χ1) is 20.0. The minimum Gasteiger partial charge on any atom is -0.505 e. The number of benzene rings is 5. The summed E-state index contributed by atoms with van der Waals surface area (Å²) in [7, 11) is 3.05. The lowest BCUT2D eigenvalue weighted by atomic mass is 10.0. The number of aromatic hydroxyl groups is 1. The fourth-order valence-electron chi connectivity index (χ4n) is 4.29. The molecular weight excluding hydrogens is 520 g/mol. The lowest BCUT2D eigenvalue weighted by Gasteiger charge is -2.13. The Bertz CT molecular complexity index is 1780. The summed E-state index contributed by atoms with van der Waals surface area (Å²) in [5.41, 5.74) is 1.65. The van der Waals surface area contributed by atoms with Gasteiger partial charge in [0.15, 0.2) is 5.75 Å². The number of carbonyl (C=O) groups excluding carboxylic acids is 2. The molecule has 0 atom stereocenters. The molecule has 41 heavy (non-hydrogen) atoms. The third-order valence-corrected chi connectivity index (χ3v) is 6.33. The van der Waals surface area contributed by atoms with E-state index in [1.165, 1.54) is 7.11 Å². The highest BCUT2D eigenvalue weighted by Crippen LogP contribution is 2.40. The summed E-state index contributed by atoms with van der Waals surface area (Å²) in [5.74, 6) is -0.213. The van der Waals surface area contributed by atoms with Gasteiger partial charge in [-0.3, -0.25) is 9.59 Å². The summed E-state index contributed by atoms with van der Waals surface area (Å²) in [6.07, 6.45) is 0. The molecule has 0 aromatic heterocycles. The van der Waals surface area contributed by atoms with Gasteiger partial charge in [0.05, 0.1) is 36.7 Å². The monoisotopic (exact) mass is 546 g/mol. The van der Waals surface area contributed by atoms with Gasteiger partial charge in [0, 0.05) is 17.1 Å². The fourth-order valence-corrected chi connectivity index (χ4v) is 4.29. The van der Waals surface area contributed by atoms with Crippen molar-refractivity contribution in [3.05, 3.63) is 114 Å². The van der Waals surface area contributed by atoms with E-state index in [1.807, 2.05) is 12.1 Å². The average Bonchev–Trinajstić information content (AvgIpc) is 3.00. The minimum atomic E-state index is -0.549. The Labute approximate surface area is 236 Å². The first-order valence-electron chi connectivity index (χ1n) is 12.6. The second-order valence-electron chi connectivity index (χ2n) is 8.90. The van der Waals surface area contributed by atoms with Crippen LogP contribution in [-0.4, -0.2) is 31.1 Å². The molecule has 0 aliphatic carbocycles. The lowest BCUT2D eigenvalue weighted by molar-refractivity contribution is 0.101. The van der Waals surface area contributed by atoms with E-state index in [1.54, 1.807) is 98.1 Å². The SMILES string of the molecule is COc1cccc(NC(=O)c2ccccc2N=Nc2c(O)c(C(=O)Nc3ccccc3OC)cc3ccccc23)c1. The van der Waals surface area contributed by atoms with E-state index in [2.05, 4.69) is 20.9 Å². The molecule has 9 nitrogen and oxygen atoms in total. The predicted molar refractivity (Wildman–Crippen MR) is 158 cm³/mol. The Balaban J connectivity index is 1.50. The predicted octanol–water partition coefficient (Wildman–Crippen LogP) is 7.48. The highest BCUT2D eigenvalue weighted by atomic mass is 16.5. The molecule has 0 aliphatic rings. The first kappa shape index (κ1) is 26.9. The number of phenolic OH excluding ortho intramolecular Hbond substituents is 1. The number of carbonyl (C=O) groups is 2. The van der Waals surface area contributed by atoms with Gasteiger partial charge in [0.25, 0.3) is 11.8 Å². The van der Waals surface area contributed by atoms with Crippen LogP contribution in [0.3, 0.4) is 0 Å². The summed E-state index contributed by atoms with van der Waals surface area (Å²) in [6, 6.07) is 29.5. The van der Waals surface area contributed by atoms with E-state index in [-0.39, 0.29) is 28.3 Å². The van der Waals surface area contributed by atoms with Crippen molar-refractivity contribution < 1.29 is 24.2 Å². The summed E-state index contributed by atoms with van der Waals surface area (Å²) in [5, 5.41) is 26.8. The van der Waals surface area contributed by atoms with Crippen LogP contribution in [0.25, 0.3) is 10.8 Å². The maximum absolute atomic E-state index is 13.3. The summed E-state index contributed by atoms with van der Waals surface area (Å²) in [6.45, 7) is 0. The van der Waals surface area contributed by atoms with Crippen molar-refractivity contribution in [3.8, 4) is 17.2 Å². The Kier molecular flexibility index (Phi) is 7.87. The molecule has 0 spiro atoms. The highest BCUT2D eigenvalue weighted by Gasteiger charge is 2.20. The van der Waals surface area contributed by atoms with Gasteiger partial charge >= 0.3 is 0 Å². The van der Waals surface area contributed by atoms with Crippen molar-refractivity contribution in [1.82, 2.24) is 0 Å². The summed E-state index contributed by atoms with van der Waals surface area (Å²) in [4.78, 5) is 26.4. The molecule has 0 saturated heterocycles. The van der Waals surface area contributed by atoms with Crippen LogP contribution in [0.15, 0.2) is 113 Å². The molecule has 0 unspecified atom stereocenters. The van der Waals surface area contributed by atoms with Gasteiger partial charge in [0.2, 0.25) is 0 Å². The zero-order valence-corrected chi connectivity index (χ0v) is 22.3. The molecule has 5 rings (SSSR count). The lowest BCUT2D eigenvalue weighted by Crippen LogP contribution is -2.13. The molecule has 2 amide bonds. The molecule has 0 heterocycles. The van der Waals surface area contributed by atoms with Crippen molar-refractivity contribution in [1.29, 1.82) is 0 Å². The standard InChI is InChI=1S/C32H26N4O5/c1-40-22-12-9-11-21(19-22)33-31(38)24-14-5-6-15-26(24)35-36-29-23-13-4-3-10-20(23)18-25(30(29)37)32(39)34-27-16-7-8-17-28(27)41-2/h3-19,37H,1-2H3,(H,33,38)(H,34,39). The quantitative estimate of drug-likeness (QED) is 0.174. The molecule has 0 radical (unpaired) electrons.